The van der Waals surface area contributed by atoms with Crippen molar-refractivity contribution in [3.63, 3.8) is 0 Å². The highest BCUT2D eigenvalue weighted by atomic mass is 16.5. The molecule has 18 heavy (non-hydrogen) atoms. The minimum absolute atomic E-state index is 0.0713. The quantitative estimate of drug-likeness (QED) is 0.875. The lowest BCUT2D eigenvalue weighted by Crippen LogP contribution is -2.02. The summed E-state index contributed by atoms with van der Waals surface area (Å²) in [6.45, 7) is 2.53. The number of carboxylic acids is 1. The molecular weight excluding hydrogens is 232 g/mol. The fourth-order valence-corrected chi connectivity index (χ4v) is 1.64. The fourth-order valence-electron chi connectivity index (χ4n) is 1.64. The van der Waals surface area contributed by atoms with Gasteiger partial charge < -0.3 is 9.84 Å². The molecular formula is C13H14N2O3. The van der Waals surface area contributed by atoms with Crippen LogP contribution in [0, 0.1) is 0 Å². The molecule has 5 nitrogen and oxygen atoms in total. The van der Waals surface area contributed by atoms with Gasteiger partial charge in [-0.2, -0.15) is 5.10 Å². The van der Waals surface area contributed by atoms with Gasteiger partial charge in [-0.05, 0) is 25.1 Å². The maximum atomic E-state index is 10.6. The van der Waals surface area contributed by atoms with Crippen LogP contribution in [0.25, 0.3) is 5.69 Å². The molecule has 0 saturated heterocycles. The fraction of sp³-hybridized carbons (Fsp3) is 0.231. The molecule has 2 rings (SSSR count). The van der Waals surface area contributed by atoms with E-state index in [2.05, 4.69) is 5.10 Å². The summed E-state index contributed by atoms with van der Waals surface area (Å²) in [5.41, 5.74) is 1.38. The Morgan fingerprint density at radius 1 is 1.44 bits per heavy atom. The number of ether oxygens (including phenoxy) is 1. The van der Waals surface area contributed by atoms with Crippen molar-refractivity contribution >= 4 is 5.97 Å². The summed E-state index contributed by atoms with van der Waals surface area (Å²) in [6, 6.07) is 9.19. The van der Waals surface area contributed by atoms with Crippen molar-refractivity contribution in [1.29, 1.82) is 0 Å². The molecule has 94 valence electrons. The van der Waals surface area contributed by atoms with Crippen LogP contribution in [-0.4, -0.2) is 27.5 Å². The van der Waals surface area contributed by atoms with Gasteiger partial charge in [-0.3, -0.25) is 4.79 Å². The first-order chi connectivity index (χ1) is 8.69. The zero-order valence-electron chi connectivity index (χ0n) is 10.0. The molecule has 0 radical (unpaired) electrons. The summed E-state index contributed by atoms with van der Waals surface area (Å²) >= 11 is 0. The molecule has 5 heteroatoms. The van der Waals surface area contributed by atoms with Gasteiger partial charge >= 0.3 is 5.97 Å². The third kappa shape index (κ3) is 2.88. The van der Waals surface area contributed by atoms with Gasteiger partial charge in [0.05, 0.1) is 24.4 Å². The lowest BCUT2D eigenvalue weighted by atomic mass is 10.3. The molecule has 0 spiro atoms. The van der Waals surface area contributed by atoms with Crippen molar-refractivity contribution in [3.8, 4) is 11.4 Å². The van der Waals surface area contributed by atoms with Crippen molar-refractivity contribution < 1.29 is 14.6 Å². The van der Waals surface area contributed by atoms with Crippen LogP contribution in [0.2, 0.25) is 0 Å². The minimum Gasteiger partial charge on any atom is -0.494 e. The number of hydrogen-bond acceptors (Lipinski definition) is 3. The van der Waals surface area contributed by atoms with E-state index in [1.54, 1.807) is 16.9 Å². The van der Waals surface area contributed by atoms with E-state index < -0.39 is 5.97 Å². The Morgan fingerprint density at radius 2 is 2.28 bits per heavy atom. The molecule has 0 aliphatic heterocycles. The molecule has 1 aromatic heterocycles. The molecule has 1 N–H and O–H groups in total. The Labute approximate surface area is 105 Å². The predicted molar refractivity (Wildman–Crippen MR) is 66.1 cm³/mol. The SMILES string of the molecule is CCOc1cccc(-n2ccc(CC(=O)O)n2)c1. The van der Waals surface area contributed by atoms with Gasteiger partial charge in [0, 0.05) is 12.3 Å². The number of benzene rings is 1. The Kier molecular flexibility index (Phi) is 3.62. The van der Waals surface area contributed by atoms with Gasteiger partial charge in [0.2, 0.25) is 0 Å². The second-order valence-corrected chi connectivity index (χ2v) is 3.75. The number of aromatic nitrogens is 2. The second-order valence-electron chi connectivity index (χ2n) is 3.75. The summed E-state index contributed by atoms with van der Waals surface area (Å²) < 4.78 is 7.04. The van der Waals surface area contributed by atoms with Gasteiger partial charge in [0.1, 0.15) is 5.75 Å². The van der Waals surface area contributed by atoms with Gasteiger partial charge in [0.25, 0.3) is 0 Å². The first kappa shape index (κ1) is 12.2. The average molecular weight is 246 g/mol. The smallest absolute Gasteiger partial charge is 0.309 e. The molecule has 0 fully saturated rings. The van der Waals surface area contributed by atoms with Crippen LogP contribution in [0.4, 0.5) is 0 Å². The average Bonchev–Trinajstić information content (AvgIpc) is 2.77. The summed E-state index contributed by atoms with van der Waals surface area (Å²) in [4.78, 5) is 10.6. The summed E-state index contributed by atoms with van der Waals surface area (Å²) in [5, 5.41) is 12.9. The number of aliphatic carboxylic acids is 1. The predicted octanol–water partition coefficient (Wildman–Crippen LogP) is 1.90. The van der Waals surface area contributed by atoms with Crippen LogP contribution in [0.15, 0.2) is 36.5 Å². The molecule has 0 bridgehead atoms. The molecule has 1 aromatic carbocycles. The van der Waals surface area contributed by atoms with Crippen LogP contribution in [-0.2, 0) is 11.2 Å². The topological polar surface area (TPSA) is 64.3 Å². The summed E-state index contributed by atoms with van der Waals surface area (Å²) in [7, 11) is 0. The van der Waals surface area contributed by atoms with E-state index in [0.29, 0.717) is 12.3 Å². The van der Waals surface area contributed by atoms with Crippen molar-refractivity contribution in [2.45, 2.75) is 13.3 Å². The monoisotopic (exact) mass is 246 g/mol. The van der Waals surface area contributed by atoms with E-state index in [1.807, 2.05) is 31.2 Å². The maximum absolute atomic E-state index is 10.6. The molecule has 0 unspecified atom stereocenters. The second kappa shape index (κ2) is 5.35. The molecule has 0 saturated carbocycles. The highest BCUT2D eigenvalue weighted by molar-refractivity contribution is 5.69. The molecule has 0 aliphatic carbocycles. The number of nitrogens with zero attached hydrogens (tertiary/aromatic N) is 2. The van der Waals surface area contributed by atoms with Crippen LogP contribution < -0.4 is 4.74 Å². The molecule has 0 atom stereocenters. The van der Waals surface area contributed by atoms with Crippen molar-refractivity contribution in [2.24, 2.45) is 0 Å². The van der Waals surface area contributed by atoms with Gasteiger partial charge in [-0.15, -0.1) is 0 Å². The van der Waals surface area contributed by atoms with E-state index in [1.165, 1.54) is 0 Å². The highest BCUT2D eigenvalue weighted by Crippen LogP contribution is 2.16. The first-order valence-corrected chi connectivity index (χ1v) is 5.68. The van der Waals surface area contributed by atoms with Gasteiger partial charge in [-0.1, -0.05) is 6.07 Å². The number of rotatable bonds is 5. The lowest BCUT2D eigenvalue weighted by Gasteiger charge is -2.05. The van der Waals surface area contributed by atoms with E-state index in [-0.39, 0.29) is 6.42 Å². The zero-order valence-corrected chi connectivity index (χ0v) is 10.0. The summed E-state index contributed by atoms with van der Waals surface area (Å²) in [5.74, 6) is -0.117. The molecule has 0 amide bonds. The number of carboxylic acid groups (broad SMARTS) is 1. The zero-order chi connectivity index (χ0) is 13.0. The number of hydrogen-bond donors (Lipinski definition) is 1. The van der Waals surface area contributed by atoms with Crippen molar-refractivity contribution in [3.05, 3.63) is 42.2 Å². The molecule has 0 aliphatic rings. The Hall–Kier alpha value is -2.30. The number of carbonyl (C=O) groups is 1. The van der Waals surface area contributed by atoms with Crippen molar-refractivity contribution in [2.75, 3.05) is 6.61 Å². The minimum atomic E-state index is -0.886. The molecule has 2 aromatic rings. The Bertz CT molecular complexity index is 549. The lowest BCUT2D eigenvalue weighted by molar-refractivity contribution is -0.136. The maximum Gasteiger partial charge on any atom is 0.309 e. The molecule has 1 heterocycles. The van der Waals surface area contributed by atoms with Crippen LogP contribution in [0.1, 0.15) is 12.6 Å². The largest absolute Gasteiger partial charge is 0.494 e. The van der Waals surface area contributed by atoms with Gasteiger partial charge in [0.15, 0.2) is 0 Å². The normalized spacial score (nSPS) is 10.3. The van der Waals surface area contributed by atoms with Crippen LogP contribution >= 0.6 is 0 Å². The van der Waals surface area contributed by atoms with E-state index >= 15 is 0 Å². The Balaban J connectivity index is 2.22. The van der Waals surface area contributed by atoms with E-state index in [4.69, 9.17) is 9.84 Å². The Morgan fingerprint density at radius 3 is 3.00 bits per heavy atom. The standard InChI is InChI=1S/C13H14N2O3/c1-2-18-12-5-3-4-11(9-12)15-7-6-10(14-15)8-13(16)17/h3-7,9H,2,8H2,1H3,(H,16,17). The van der Waals surface area contributed by atoms with Gasteiger partial charge in [-0.25, -0.2) is 4.68 Å². The summed E-state index contributed by atoms with van der Waals surface area (Å²) in [6.07, 6.45) is 1.67. The highest BCUT2D eigenvalue weighted by Gasteiger charge is 2.05. The third-order valence-corrected chi connectivity index (χ3v) is 2.37. The van der Waals surface area contributed by atoms with Crippen LogP contribution in [0.3, 0.4) is 0 Å². The first-order valence-electron chi connectivity index (χ1n) is 5.68. The van der Waals surface area contributed by atoms with E-state index in [9.17, 15) is 4.79 Å². The van der Waals surface area contributed by atoms with Crippen molar-refractivity contribution in [1.82, 2.24) is 9.78 Å². The van der Waals surface area contributed by atoms with Crippen LogP contribution in [0.5, 0.6) is 5.75 Å². The third-order valence-electron chi connectivity index (χ3n) is 2.37. The van der Waals surface area contributed by atoms with E-state index in [0.717, 1.165) is 11.4 Å².